The largest absolute Gasteiger partial charge is 0.504 e. The number of aliphatic hydroxyl groups is 1. The molecule has 1 atom stereocenters. The van der Waals surface area contributed by atoms with Crippen molar-refractivity contribution in [3.63, 3.8) is 0 Å². The molecule has 0 saturated heterocycles. The van der Waals surface area contributed by atoms with Crippen LogP contribution in [0, 0.1) is 0 Å². The predicted molar refractivity (Wildman–Crippen MR) is 114 cm³/mol. The summed E-state index contributed by atoms with van der Waals surface area (Å²) in [6.45, 7) is 1.09. The molecule has 0 amide bonds. The molecular formula is C23H14O10. The Labute approximate surface area is 182 Å². The molecule has 0 saturated carbocycles. The normalized spacial score (nSPS) is 17.3. The third-order valence-electron chi connectivity index (χ3n) is 5.72. The Balaban J connectivity index is 1.82. The van der Waals surface area contributed by atoms with Gasteiger partial charge in [-0.3, -0.25) is 4.79 Å². The summed E-state index contributed by atoms with van der Waals surface area (Å²) >= 11 is 0. The molecule has 0 bridgehead atoms. The number of phenols is 4. The highest BCUT2D eigenvalue weighted by Gasteiger charge is 2.46. The Morgan fingerprint density at radius 2 is 1.42 bits per heavy atom. The Morgan fingerprint density at radius 3 is 2.09 bits per heavy atom. The first-order valence-corrected chi connectivity index (χ1v) is 9.51. The number of hydrogen-bond donors (Lipinski definition) is 5. The molecule has 2 aromatic carbocycles. The van der Waals surface area contributed by atoms with Crippen molar-refractivity contribution in [2.45, 2.75) is 12.5 Å². The van der Waals surface area contributed by atoms with Crippen LogP contribution in [0.15, 0.2) is 48.8 Å². The fourth-order valence-electron chi connectivity index (χ4n) is 4.09. The maximum atomic E-state index is 12.9. The van der Waals surface area contributed by atoms with Crippen molar-refractivity contribution in [2.75, 3.05) is 0 Å². The topological polar surface area (TPSA) is 179 Å². The van der Waals surface area contributed by atoms with Crippen LogP contribution in [0.1, 0.15) is 23.8 Å². The van der Waals surface area contributed by atoms with Crippen LogP contribution in [-0.4, -0.2) is 31.3 Å². The van der Waals surface area contributed by atoms with Crippen molar-refractivity contribution in [2.24, 2.45) is 0 Å². The van der Waals surface area contributed by atoms with Crippen LogP contribution in [-0.2, 0) is 10.4 Å². The average Bonchev–Trinajstić information content (AvgIpc) is 3.02. The molecule has 0 fully saturated rings. The number of carbonyl (C=O) groups excluding carboxylic acids is 1. The third-order valence-corrected chi connectivity index (χ3v) is 5.72. The van der Waals surface area contributed by atoms with Crippen molar-refractivity contribution in [1.29, 1.82) is 0 Å². The van der Waals surface area contributed by atoms with E-state index in [4.69, 9.17) is 8.83 Å². The van der Waals surface area contributed by atoms with Gasteiger partial charge in [0.15, 0.2) is 34.4 Å². The second-order valence-corrected chi connectivity index (χ2v) is 7.67. The maximum Gasteiger partial charge on any atom is 0.348 e. The Bertz CT molecular complexity index is 1690. The van der Waals surface area contributed by atoms with Crippen LogP contribution >= 0.6 is 0 Å². The van der Waals surface area contributed by atoms with Crippen molar-refractivity contribution in [1.82, 2.24) is 0 Å². The lowest BCUT2D eigenvalue weighted by atomic mass is 9.85. The molecule has 10 nitrogen and oxygen atoms in total. The first-order chi connectivity index (χ1) is 15.5. The Kier molecular flexibility index (Phi) is 3.99. The molecule has 166 valence electrons. The second-order valence-electron chi connectivity index (χ2n) is 7.67. The minimum absolute atomic E-state index is 0.0304. The third kappa shape index (κ3) is 2.68. The number of fused-ring (bicyclic) bond motifs is 4. The summed E-state index contributed by atoms with van der Waals surface area (Å²) in [5.41, 5.74) is -4.52. The maximum absolute atomic E-state index is 12.9. The Hall–Kier alpha value is -4.57. The van der Waals surface area contributed by atoms with E-state index in [9.17, 15) is 39.9 Å². The molecule has 0 spiro atoms. The van der Waals surface area contributed by atoms with E-state index in [1.807, 2.05) is 0 Å². The predicted octanol–water partition coefficient (Wildman–Crippen LogP) is 2.05. The van der Waals surface area contributed by atoms with Crippen LogP contribution in [0.25, 0.3) is 33.4 Å². The first kappa shape index (κ1) is 20.3. The van der Waals surface area contributed by atoms with E-state index >= 15 is 0 Å². The minimum Gasteiger partial charge on any atom is -0.504 e. The van der Waals surface area contributed by atoms with Crippen molar-refractivity contribution < 1.29 is 39.2 Å². The molecule has 2 heterocycles. The summed E-state index contributed by atoms with van der Waals surface area (Å²) in [7, 11) is 0. The molecule has 4 aromatic rings. The van der Waals surface area contributed by atoms with Crippen LogP contribution in [0.2, 0.25) is 0 Å². The Morgan fingerprint density at radius 1 is 0.818 bits per heavy atom. The number of ketones is 1. The number of carbonyl (C=O) groups is 1. The molecule has 5 N–H and O–H groups in total. The number of Topliss-reactive ketones (excluding diaryl/α,β-unsaturated/α-hetero) is 1. The van der Waals surface area contributed by atoms with Gasteiger partial charge in [-0.15, -0.1) is 0 Å². The summed E-state index contributed by atoms with van der Waals surface area (Å²) in [4.78, 5) is 37.8. The van der Waals surface area contributed by atoms with Crippen molar-refractivity contribution >= 4 is 39.2 Å². The number of aromatic hydroxyl groups is 4. The zero-order chi connectivity index (χ0) is 23.8. The molecule has 0 radical (unpaired) electrons. The number of hydrogen-bond acceptors (Lipinski definition) is 10. The quantitative estimate of drug-likeness (QED) is 0.224. The van der Waals surface area contributed by atoms with Crippen molar-refractivity contribution in [3.05, 3.63) is 68.1 Å². The van der Waals surface area contributed by atoms with E-state index in [0.29, 0.717) is 0 Å². The summed E-state index contributed by atoms with van der Waals surface area (Å²) in [5, 5.41) is 50.0. The standard InChI is InChI=1S/C23H14O10/c1-8(24)23(31)12-6-17(28)14(25)3-9(12)2-13(23)18-7-19-20(22(30)32-18)10-4-15(26)16(27)5-11(10)21(29)33-19/h2-7,25-28,31H,1H3/t23-/m0/s1. The van der Waals surface area contributed by atoms with E-state index < -0.39 is 45.6 Å². The van der Waals surface area contributed by atoms with E-state index in [2.05, 4.69) is 0 Å². The average molecular weight is 450 g/mol. The van der Waals surface area contributed by atoms with Gasteiger partial charge in [0.2, 0.25) is 0 Å². The smallest absolute Gasteiger partial charge is 0.348 e. The molecular weight excluding hydrogens is 436 g/mol. The fourth-order valence-corrected chi connectivity index (χ4v) is 4.09. The molecule has 2 aromatic heterocycles. The van der Waals surface area contributed by atoms with Crippen LogP contribution < -0.4 is 11.3 Å². The molecule has 0 unspecified atom stereocenters. The minimum atomic E-state index is -2.33. The van der Waals surface area contributed by atoms with Gasteiger partial charge in [-0.25, -0.2) is 9.59 Å². The van der Waals surface area contributed by atoms with E-state index in [1.54, 1.807) is 0 Å². The lowest BCUT2D eigenvalue weighted by Crippen LogP contribution is -2.33. The second kappa shape index (κ2) is 6.47. The van der Waals surface area contributed by atoms with E-state index in [1.165, 1.54) is 6.08 Å². The molecule has 1 aliphatic carbocycles. The molecule has 0 aliphatic heterocycles. The highest BCUT2D eigenvalue weighted by Crippen LogP contribution is 2.48. The van der Waals surface area contributed by atoms with Gasteiger partial charge < -0.3 is 34.4 Å². The van der Waals surface area contributed by atoms with Gasteiger partial charge in [0.25, 0.3) is 0 Å². The molecule has 10 heteroatoms. The van der Waals surface area contributed by atoms with Gasteiger partial charge in [-0.2, -0.15) is 0 Å². The van der Waals surface area contributed by atoms with Crippen molar-refractivity contribution in [3.8, 4) is 23.0 Å². The van der Waals surface area contributed by atoms with Gasteiger partial charge in [-0.1, -0.05) is 0 Å². The SMILES string of the molecule is CC(=O)[C@@]1(O)C(c2cc3oc(=O)c4cc(O)c(O)cc4c3c(=O)o2)=Cc2cc(O)c(O)cc21. The van der Waals surface area contributed by atoms with Crippen LogP contribution in [0.4, 0.5) is 0 Å². The van der Waals surface area contributed by atoms with Crippen LogP contribution in [0.5, 0.6) is 23.0 Å². The molecule has 1 aliphatic rings. The van der Waals surface area contributed by atoms with Gasteiger partial charge in [-0.05, 0) is 42.8 Å². The number of benzene rings is 2. The summed E-state index contributed by atoms with van der Waals surface area (Å²) in [6, 6.07) is 5.26. The van der Waals surface area contributed by atoms with E-state index in [-0.39, 0.29) is 44.2 Å². The van der Waals surface area contributed by atoms with Gasteiger partial charge in [0.05, 0.1) is 5.39 Å². The van der Waals surface area contributed by atoms with Crippen LogP contribution in [0.3, 0.4) is 0 Å². The summed E-state index contributed by atoms with van der Waals surface area (Å²) in [6.07, 6.45) is 1.29. The number of phenolic OH excluding ortho intramolecular Hbond substituents is 4. The lowest BCUT2D eigenvalue weighted by Gasteiger charge is -2.24. The van der Waals surface area contributed by atoms with E-state index in [0.717, 1.165) is 37.3 Å². The van der Waals surface area contributed by atoms with Gasteiger partial charge in [0, 0.05) is 22.6 Å². The zero-order valence-electron chi connectivity index (χ0n) is 16.7. The molecule has 5 rings (SSSR count). The first-order valence-electron chi connectivity index (χ1n) is 9.51. The monoisotopic (exact) mass is 450 g/mol. The number of rotatable bonds is 2. The highest BCUT2D eigenvalue weighted by atomic mass is 16.4. The van der Waals surface area contributed by atoms with Gasteiger partial charge >= 0.3 is 11.3 Å². The lowest BCUT2D eigenvalue weighted by molar-refractivity contribution is -0.130. The fraction of sp³-hybridized carbons (Fsp3) is 0.0870. The highest BCUT2D eigenvalue weighted by molar-refractivity contribution is 6.10. The summed E-state index contributed by atoms with van der Waals surface area (Å²) in [5.74, 6) is -3.27. The van der Waals surface area contributed by atoms with Gasteiger partial charge in [0.1, 0.15) is 16.7 Å². The molecule has 33 heavy (non-hydrogen) atoms. The summed E-state index contributed by atoms with van der Waals surface area (Å²) < 4.78 is 10.6. The zero-order valence-corrected chi connectivity index (χ0v) is 16.7.